The van der Waals surface area contributed by atoms with Crippen molar-refractivity contribution in [1.29, 1.82) is 0 Å². The molecule has 0 heterocycles. The van der Waals surface area contributed by atoms with Crippen LogP contribution in [0.3, 0.4) is 0 Å². The molecule has 0 aliphatic rings. The smallest absolute Gasteiger partial charge is 0.412 e. The van der Waals surface area contributed by atoms with E-state index in [1.165, 1.54) is 6.08 Å². The summed E-state index contributed by atoms with van der Waals surface area (Å²) in [5.41, 5.74) is 0. The van der Waals surface area contributed by atoms with Gasteiger partial charge in [-0.2, -0.15) is 4.31 Å². The standard InChI is InChI=1S/C4H10O7P2/c1-3-4-10-13(8,9-2)11-12(5,6)7/h3-4H,1-2H3,(H2,5,6,7). The SMILES string of the molecule is CC=COP(=O)(OC)OP(=O)(O)O. The van der Waals surface area contributed by atoms with Crippen LogP contribution in [0.2, 0.25) is 0 Å². The zero-order valence-corrected chi connectivity index (χ0v) is 8.77. The van der Waals surface area contributed by atoms with E-state index in [0.717, 1.165) is 13.4 Å². The second kappa shape index (κ2) is 4.91. The lowest BCUT2D eigenvalue weighted by molar-refractivity contribution is 0.195. The topological polar surface area (TPSA) is 102 Å². The molecular weight excluding hydrogens is 222 g/mol. The highest BCUT2D eigenvalue weighted by atomic mass is 31.3. The van der Waals surface area contributed by atoms with Gasteiger partial charge in [0, 0.05) is 7.11 Å². The number of phosphoric ester groups is 1. The van der Waals surface area contributed by atoms with Crippen LogP contribution in [0.1, 0.15) is 6.92 Å². The summed E-state index contributed by atoms with van der Waals surface area (Å²) < 4.78 is 33.8. The molecule has 0 saturated carbocycles. The van der Waals surface area contributed by atoms with Gasteiger partial charge in [-0.3, -0.25) is 4.52 Å². The first-order valence-electron chi connectivity index (χ1n) is 3.05. The Balaban J connectivity index is 4.47. The van der Waals surface area contributed by atoms with E-state index in [0.29, 0.717) is 0 Å². The van der Waals surface area contributed by atoms with Gasteiger partial charge in [-0.25, -0.2) is 9.13 Å². The van der Waals surface area contributed by atoms with Crippen LogP contribution in [-0.2, 0) is 22.5 Å². The first-order chi connectivity index (χ1) is 5.83. The second-order valence-corrected chi connectivity index (χ2v) is 4.88. The van der Waals surface area contributed by atoms with E-state index in [1.807, 2.05) is 0 Å². The zero-order valence-electron chi connectivity index (χ0n) is 6.98. The van der Waals surface area contributed by atoms with Gasteiger partial charge >= 0.3 is 15.6 Å². The van der Waals surface area contributed by atoms with Crippen LogP contribution in [0.15, 0.2) is 12.3 Å². The van der Waals surface area contributed by atoms with Gasteiger partial charge < -0.3 is 14.3 Å². The summed E-state index contributed by atoms with van der Waals surface area (Å²) in [6.07, 6.45) is 2.30. The van der Waals surface area contributed by atoms with Gasteiger partial charge in [0.1, 0.15) is 0 Å². The molecule has 0 radical (unpaired) electrons. The molecule has 7 nitrogen and oxygen atoms in total. The largest absolute Gasteiger partial charge is 0.538 e. The zero-order chi connectivity index (χ0) is 10.5. The van der Waals surface area contributed by atoms with Gasteiger partial charge in [-0.05, 0) is 6.92 Å². The van der Waals surface area contributed by atoms with E-state index in [4.69, 9.17) is 9.79 Å². The van der Waals surface area contributed by atoms with E-state index in [1.54, 1.807) is 6.92 Å². The summed E-state index contributed by atoms with van der Waals surface area (Å²) in [6, 6.07) is 0. The van der Waals surface area contributed by atoms with Crippen molar-refractivity contribution in [3.05, 3.63) is 12.3 Å². The molecule has 0 saturated heterocycles. The lowest BCUT2D eigenvalue weighted by Crippen LogP contribution is -1.92. The number of phosphoric acid groups is 2. The molecule has 0 amide bonds. The average molecular weight is 232 g/mol. The molecular formula is C4H10O7P2. The Bertz CT molecular complexity index is 266. The highest BCUT2D eigenvalue weighted by molar-refractivity contribution is 7.61. The Morgan fingerprint density at radius 1 is 1.31 bits per heavy atom. The van der Waals surface area contributed by atoms with Gasteiger partial charge in [0.05, 0.1) is 6.26 Å². The number of rotatable bonds is 5. The molecule has 0 spiro atoms. The average Bonchev–Trinajstić information content (AvgIpc) is 1.98. The molecule has 2 N–H and O–H groups in total. The Hall–Kier alpha value is -0.160. The number of hydrogen-bond donors (Lipinski definition) is 2. The quantitative estimate of drug-likeness (QED) is 0.545. The molecule has 1 unspecified atom stereocenters. The van der Waals surface area contributed by atoms with E-state index in [9.17, 15) is 9.13 Å². The predicted molar refractivity (Wildman–Crippen MR) is 43.6 cm³/mol. The summed E-state index contributed by atoms with van der Waals surface area (Å²) in [6.45, 7) is 1.55. The molecule has 0 aromatic rings. The van der Waals surface area contributed by atoms with Crippen LogP contribution in [0.5, 0.6) is 0 Å². The fourth-order valence-corrected chi connectivity index (χ4v) is 2.18. The van der Waals surface area contributed by atoms with Crippen molar-refractivity contribution in [2.45, 2.75) is 6.92 Å². The Kier molecular flexibility index (Phi) is 4.85. The van der Waals surface area contributed by atoms with E-state index in [-0.39, 0.29) is 0 Å². The summed E-state index contributed by atoms with van der Waals surface area (Å²) in [5.74, 6) is 0. The molecule has 0 aliphatic heterocycles. The first kappa shape index (κ1) is 12.8. The maximum Gasteiger partial charge on any atom is 0.538 e. The van der Waals surface area contributed by atoms with E-state index < -0.39 is 15.6 Å². The van der Waals surface area contributed by atoms with Crippen molar-refractivity contribution in [1.82, 2.24) is 0 Å². The lowest BCUT2D eigenvalue weighted by atomic mass is 10.8. The highest BCUT2D eigenvalue weighted by Gasteiger charge is 2.35. The third kappa shape index (κ3) is 5.99. The maximum atomic E-state index is 11.1. The minimum Gasteiger partial charge on any atom is -0.412 e. The van der Waals surface area contributed by atoms with Crippen LogP contribution < -0.4 is 0 Å². The fraction of sp³-hybridized carbons (Fsp3) is 0.500. The Morgan fingerprint density at radius 2 is 1.85 bits per heavy atom. The van der Waals surface area contributed by atoms with E-state index >= 15 is 0 Å². The van der Waals surface area contributed by atoms with Crippen LogP contribution in [-0.4, -0.2) is 16.9 Å². The Labute approximate surface area is 75.2 Å². The molecule has 0 bridgehead atoms. The third-order valence-corrected chi connectivity index (χ3v) is 3.23. The molecule has 78 valence electrons. The van der Waals surface area contributed by atoms with Crippen molar-refractivity contribution in [2.24, 2.45) is 0 Å². The molecule has 1 atom stereocenters. The summed E-state index contributed by atoms with van der Waals surface area (Å²) >= 11 is 0. The summed E-state index contributed by atoms with van der Waals surface area (Å²) in [4.78, 5) is 16.6. The van der Waals surface area contributed by atoms with Crippen molar-refractivity contribution in [2.75, 3.05) is 7.11 Å². The van der Waals surface area contributed by atoms with Crippen molar-refractivity contribution in [3.8, 4) is 0 Å². The van der Waals surface area contributed by atoms with Gasteiger partial charge in [-0.1, -0.05) is 6.08 Å². The minimum atomic E-state index is -4.89. The molecule has 0 rings (SSSR count). The highest BCUT2D eigenvalue weighted by Crippen LogP contribution is 2.60. The monoisotopic (exact) mass is 232 g/mol. The number of allylic oxidation sites excluding steroid dienone is 1. The predicted octanol–water partition coefficient (Wildman–Crippen LogP) is 1.40. The summed E-state index contributed by atoms with van der Waals surface area (Å²) in [5, 5.41) is 0. The van der Waals surface area contributed by atoms with Gasteiger partial charge in [-0.15, -0.1) is 0 Å². The van der Waals surface area contributed by atoms with Crippen LogP contribution in [0, 0.1) is 0 Å². The molecule has 0 aromatic heterocycles. The van der Waals surface area contributed by atoms with Crippen molar-refractivity contribution in [3.63, 3.8) is 0 Å². The maximum absolute atomic E-state index is 11.1. The van der Waals surface area contributed by atoms with Crippen LogP contribution in [0.25, 0.3) is 0 Å². The fourth-order valence-electron chi connectivity index (χ4n) is 0.361. The second-order valence-electron chi connectivity index (χ2n) is 1.78. The van der Waals surface area contributed by atoms with E-state index in [2.05, 4.69) is 13.4 Å². The molecule has 0 aliphatic carbocycles. The first-order valence-corrected chi connectivity index (χ1v) is 6.04. The minimum absolute atomic E-state index is 0.944. The normalized spacial score (nSPS) is 17.2. The molecule has 9 heteroatoms. The van der Waals surface area contributed by atoms with Crippen molar-refractivity contribution < 1.29 is 32.3 Å². The molecule has 13 heavy (non-hydrogen) atoms. The van der Waals surface area contributed by atoms with Crippen LogP contribution in [0.4, 0.5) is 0 Å². The lowest BCUT2D eigenvalue weighted by Gasteiger charge is -2.13. The number of hydrogen-bond acceptors (Lipinski definition) is 5. The van der Waals surface area contributed by atoms with Crippen LogP contribution >= 0.6 is 15.6 Å². The Morgan fingerprint density at radius 3 is 2.15 bits per heavy atom. The molecule has 0 fully saturated rings. The van der Waals surface area contributed by atoms with Gasteiger partial charge in [0.15, 0.2) is 0 Å². The molecule has 0 aromatic carbocycles. The van der Waals surface area contributed by atoms with Crippen molar-refractivity contribution >= 4 is 15.6 Å². The van der Waals surface area contributed by atoms with Gasteiger partial charge in [0.2, 0.25) is 0 Å². The van der Waals surface area contributed by atoms with Gasteiger partial charge in [0.25, 0.3) is 0 Å². The summed E-state index contributed by atoms with van der Waals surface area (Å²) in [7, 11) is -8.13. The third-order valence-electron chi connectivity index (χ3n) is 0.756.